The van der Waals surface area contributed by atoms with Crippen LogP contribution in [0.3, 0.4) is 0 Å². The summed E-state index contributed by atoms with van der Waals surface area (Å²) in [4.78, 5) is 4.71. The van der Waals surface area contributed by atoms with Crippen LogP contribution in [0, 0.1) is 0 Å². The number of hydrogen-bond donors (Lipinski definition) is 0. The van der Waals surface area contributed by atoms with Crippen LogP contribution in [0.15, 0.2) is 134 Å². The van der Waals surface area contributed by atoms with Crippen molar-refractivity contribution in [3.8, 4) is 39.1 Å². The largest absolute Gasteiger partial charge is 0.308 e. The highest BCUT2D eigenvalue weighted by Crippen LogP contribution is 2.53. The number of pyridine rings is 1. The molecule has 1 aliphatic carbocycles. The third-order valence-corrected chi connectivity index (χ3v) is 8.38. The zero-order chi connectivity index (χ0) is 25.5. The Morgan fingerprint density at radius 3 is 1.92 bits per heavy atom. The molecule has 39 heavy (non-hydrogen) atoms. The van der Waals surface area contributed by atoms with E-state index < -0.39 is 0 Å². The number of aromatic nitrogens is 2. The van der Waals surface area contributed by atoms with E-state index in [-0.39, 0.29) is 0 Å². The monoisotopic (exact) mass is 494 g/mol. The molecule has 9 rings (SSSR count). The van der Waals surface area contributed by atoms with Crippen molar-refractivity contribution in [1.29, 1.82) is 0 Å². The lowest BCUT2D eigenvalue weighted by molar-refractivity contribution is 1.18. The lowest BCUT2D eigenvalue weighted by atomic mass is 9.88. The van der Waals surface area contributed by atoms with E-state index in [1.54, 1.807) is 0 Å². The number of nitrogens with zero attached hydrogens (tertiary/aromatic N) is 2. The van der Waals surface area contributed by atoms with Gasteiger partial charge in [-0.3, -0.25) is 4.98 Å². The zero-order valence-corrected chi connectivity index (χ0v) is 21.1. The SMILES string of the molecule is c1ccc2c(c1)-c1cccc3c(-c4ccc(-n5c6ccccc6c6ncccc65)cc4)c4ccccc4c-2c13. The van der Waals surface area contributed by atoms with Gasteiger partial charge in [0.25, 0.3) is 0 Å². The molecule has 0 aliphatic heterocycles. The third kappa shape index (κ3) is 2.73. The quantitative estimate of drug-likeness (QED) is 0.219. The Morgan fingerprint density at radius 1 is 0.436 bits per heavy atom. The molecular formula is C37H22N2. The second-order valence-corrected chi connectivity index (χ2v) is 10.3. The standard InChI is InChI=1S/C37H22N2/c1-2-10-26-25(9-1)27-14-7-15-31-34(28-11-3-4-12-29(28)35(26)36(27)31)23-18-20-24(21-19-23)39-32-16-6-5-13-30(32)37-33(39)17-8-22-38-37/h1-22H. The van der Waals surface area contributed by atoms with Gasteiger partial charge in [-0.15, -0.1) is 0 Å². The number of hydrogen-bond acceptors (Lipinski definition) is 1. The van der Waals surface area contributed by atoms with Crippen molar-refractivity contribution in [1.82, 2.24) is 9.55 Å². The molecule has 0 saturated heterocycles. The molecule has 0 unspecified atom stereocenters. The third-order valence-electron chi connectivity index (χ3n) is 8.38. The molecule has 0 radical (unpaired) electrons. The summed E-state index contributed by atoms with van der Waals surface area (Å²) >= 11 is 0. The minimum Gasteiger partial charge on any atom is -0.308 e. The number of para-hydroxylation sites is 1. The Hall–Kier alpha value is -5.21. The second kappa shape index (κ2) is 7.66. The molecular weight excluding hydrogens is 472 g/mol. The number of benzene rings is 6. The summed E-state index contributed by atoms with van der Waals surface area (Å²) in [6.07, 6.45) is 1.88. The molecule has 2 nitrogen and oxygen atoms in total. The van der Waals surface area contributed by atoms with Crippen LogP contribution >= 0.6 is 0 Å². The Kier molecular flexibility index (Phi) is 4.08. The summed E-state index contributed by atoms with van der Waals surface area (Å²) in [5.74, 6) is 0. The maximum absolute atomic E-state index is 4.71. The summed E-state index contributed by atoms with van der Waals surface area (Å²) in [6.45, 7) is 0. The van der Waals surface area contributed by atoms with E-state index >= 15 is 0 Å². The highest BCUT2D eigenvalue weighted by molar-refractivity contribution is 6.29. The normalized spacial score (nSPS) is 12.1. The van der Waals surface area contributed by atoms with E-state index in [0.717, 1.165) is 16.7 Å². The van der Waals surface area contributed by atoms with E-state index in [1.165, 1.54) is 65.8 Å². The van der Waals surface area contributed by atoms with Crippen LogP contribution in [0.2, 0.25) is 0 Å². The Morgan fingerprint density at radius 2 is 1.08 bits per heavy atom. The molecule has 0 spiro atoms. The van der Waals surface area contributed by atoms with Crippen LogP contribution in [-0.2, 0) is 0 Å². The van der Waals surface area contributed by atoms with Crippen LogP contribution in [0.1, 0.15) is 0 Å². The van der Waals surface area contributed by atoms with Gasteiger partial charge in [-0.1, -0.05) is 97.1 Å². The first-order valence-electron chi connectivity index (χ1n) is 13.4. The molecule has 6 aromatic carbocycles. The van der Waals surface area contributed by atoms with E-state index in [9.17, 15) is 0 Å². The molecule has 0 bridgehead atoms. The van der Waals surface area contributed by atoms with Gasteiger partial charge in [0.15, 0.2) is 0 Å². The first-order chi connectivity index (χ1) is 19.4. The molecule has 0 saturated carbocycles. The summed E-state index contributed by atoms with van der Waals surface area (Å²) < 4.78 is 2.32. The fraction of sp³-hybridized carbons (Fsp3) is 0. The summed E-state index contributed by atoms with van der Waals surface area (Å²) in [5.41, 5.74) is 12.4. The number of fused-ring (bicyclic) bond motifs is 8. The molecule has 1 aliphatic rings. The highest BCUT2D eigenvalue weighted by atomic mass is 15.0. The van der Waals surface area contributed by atoms with Gasteiger partial charge >= 0.3 is 0 Å². The van der Waals surface area contributed by atoms with E-state index in [4.69, 9.17) is 4.98 Å². The lowest BCUT2D eigenvalue weighted by Gasteiger charge is -2.16. The maximum Gasteiger partial charge on any atom is 0.0963 e. The molecule has 0 amide bonds. The van der Waals surface area contributed by atoms with Crippen LogP contribution in [0.4, 0.5) is 0 Å². The van der Waals surface area contributed by atoms with Crippen LogP contribution in [0.25, 0.3) is 82.5 Å². The maximum atomic E-state index is 4.71. The minimum absolute atomic E-state index is 1.04. The van der Waals surface area contributed by atoms with Gasteiger partial charge in [-0.25, -0.2) is 0 Å². The van der Waals surface area contributed by atoms with Crippen molar-refractivity contribution in [3.05, 3.63) is 134 Å². The van der Waals surface area contributed by atoms with Crippen molar-refractivity contribution in [3.63, 3.8) is 0 Å². The fourth-order valence-corrected chi connectivity index (χ4v) is 6.82. The van der Waals surface area contributed by atoms with Gasteiger partial charge in [-0.05, 0) is 85.3 Å². The average molecular weight is 495 g/mol. The van der Waals surface area contributed by atoms with Gasteiger partial charge in [0.1, 0.15) is 0 Å². The molecule has 8 aromatic rings. The van der Waals surface area contributed by atoms with Gasteiger partial charge in [-0.2, -0.15) is 0 Å². The van der Waals surface area contributed by atoms with E-state index in [2.05, 4.69) is 126 Å². The molecule has 180 valence electrons. The Labute approximate surface area is 225 Å². The van der Waals surface area contributed by atoms with Crippen molar-refractivity contribution < 1.29 is 0 Å². The van der Waals surface area contributed by atoms with Crippen molar-refractivity contribution in [2.45, 2.75) is 0 Å². The lowest BCUT2D eigenvalue weighted by Crippen LogP contribution is -1.94. The van der Waals surface area contributed by atoms with Gasteiger partial charge in [0.2, 0.25) is 0 Å². The van der Waals surface area contributed by atoms with E-state index in [1.807, 2.05) is 12.3 Å². The molecule has 0 N–H and O–H groups in total. The first-order valence-corrected chi connectivity index (χ1v) is 13.4. The van der Waals surface area contributed by atoms with Gasteiger partial charge in [0.05, 0.1) is 16.6 Å². The summed E-state index contributed by atoms with van der Waals surface area (Å²) in [5, 5.41) is 6.46. The predicted octanol–water partition coefficient (Wildman–Crippen LogP) is 9.80. The second-order valence-electron chi connectivity index (χ2n) is 10.3. The highest BCUT2D eigenvalue weighted by Gasteiger charge is 2.25. The topological polar surface area (TPSA) is 17.8 Å². The van der Waals surface area contributed by atoms with Crippen molar-refractivity contribution in [2.75, 3.05) is 0 Å². The molecule has 0 atom stereocenters. The molecule has 2 heteroatoms. The Balaban J connectivity index is 1.32. The number of rotatable bonds is 2. The predicted molar refractivity (Wildman–Crippen MR) is 163 cm³/mol. The van der Waals surface area contributed by atoms with Crippen LogP contribution in [-0.4, -0.2) is 9.55 Å². The molecule has 0 fully saturated rings. The van der Waals surface area contributed by atoms with Crippen LogP contribution in [0.5, 0.6) is 0 Å². The van der Waals surface area contributed by atoms with Gasteiger partial charge < -0.3 is 4.57 Å². The Bertz CT molecular complexity index is 2220. The molecule has 2 aromatic heterocycles. The first kappa shape index (κ1) is 20.8. The zero-order valence-electron chi connectivity index (χ0n) is 21.1. The average Bonchev–Trinajstić information content (AvgIpc) is 3.52. The summed E-state index contributed by atoms with van der Waals surface area (Å²) in [6, 6.07) is 46.3. The fourth-order valence-electron chi connectivity index (χ4n) is 6.82. The van der Waals surface area contributed by atoms with Crippen molar-refractivity contribution >= 4 is 43.5 Å². The van der Waals surface area contributed by atoms with Crippen LogP contribution < -0.4 is 0 Å². The minimum atomic E-state index is 1.04. The smallest absolute Gasteiger partial charge is 0.0963 e. The molecule has 2 heterocycles. The summed E-state index contributed by atoms with van der Waals surface area (Å²) in [7, 11) is 0. The van der Waals surface area contributed by atoms with Crippen molar-refractivity contribution in [2.24, 2.45) is 0 Å². The van der Waals surface area contributed by atoms with Gasteiger partial charge in [0, 0.05) is 17.3 Å². The van der Waals surface area contributed by atoms with E-state index in [0.29, 0.717) is 0 Å².